The fourth-order valence-electron chi connectivity index (χ4n) is 2.53. The third-order valence-corrected chi connectivity index (χ3v) is 3.57. The number of carbonyl (C=O) groups excluding carboxylic acids is 1. The number of benzene rings is 1. The number of hydrogen-bond acceptors (Lipinski definition) is 5. The van der Waals surface area contributed by atoms with Crippen LogP contribution in [0.3, 0.4) is 0 Å². The van der Waals surface area contributed by atoms with Crippen LogP contribution < -0.4 is 0 Å². The van der Waals surface area contributed by atoms with E-state index in [2.05, 4.69) is 10.1 Å². The predicted octanol–water partition coefficient (Wildman–Crippen LogP) is 1.85. The molecule has 1 atom stereocenters. The van der Waals surface area contributed by atoms with E-state index in [1.807, 2.05) is 0 Å². The van der Waals surface area contributed by atoms with E-state index in [1.54, 1.807) is 37.4 Å². The van der Waals surface area contributed by atoms with Crippen LogP contribution in [0.4, 0.5) is 0 Å². The summed E-state index contributed by atoms with van der Waals surface area (Å²) in [6.07, 6.45) is 3.28. The van der Waals surface area contributed by atoms with Gasteiger partial charge >= 0.3 is 0 Å². The number of aromatic hydroxyl groups is 1. The highest BCUT2D eigenvalue weighted by molar-refractivity contribution is 5.99. The number of hydrazone groups is 1. The molecule has 1 amide bonds. The van der Waals surface area contributed by atoms with E-state index >= 15 is 0 Å². The van der Waals surface area contributed by atoms with Crippen molar-refractivity contribution < 1.29 is 15.0 Å². The molecule has 6 heteroatoms. The van der Waals surface area contributed by atoms with Crippen LogP contribution in [0.5, 0.6) is 5.75 Å². The maximum absolute atomic E-state index is 12.7. The summed E-state index contributed by atoms with van der Waals surface area (Å²) in [5.74, 6) is -0.720. The molecule has 6 nitrogen and oxygen atoms in total. The van der Waals surface area contributed by atoms with E-state index in [9.17, 15) is 15.0 Å². The van der Waals surface area contributed by atoms with Gasteiger partial charge in [0, 0.05) is 30.1 Å². The van der Waals surface area contributed by atoms with Crippen molar-refractivity contribution in [2.75, 3.05) is 0 Å². The third kappa shape index (κ3) is 2.23. The summed E-state index contributed by atoms with van der Waals surface area (Å²) < 4.78 is 0. The number of nitrogens with zero attached hydrogens (tertiary/aromatic N) is 3. The molecule has 0 spiro atoms. The standard InChI is InChI=1S/C16H15N3O3/c1-11-9-16(22,12-5-4-8-17-10-12)19(18-11)15(21)13-6-2-3-7-14(13)20/h2-8,10,20,22H,9H2,1H3. The first kappa shape index (κ1) is 14.2. The van der Waals surface area contributed by atoms with E-state index in [0.29, 0.717) is 11.3 Å². The minimum Gasteiger partial charge on any atom is -0.507 e. The SMILES string of the molecule is CC1=NN(C(=O)c2ccccc2O)C(O)(c2cccnc2)C1. The largest absolute Gasteiger partial charge is 0.507 e. The van der Waals surface area contributed by atoms with Gasteiger partial charge in [-0.25, -0.2) is 0 Å². The average molecular weight is 297 g/mol. The van der Waals surface area contributed by atoms with E-state index < -0.39 is 11.6 Å². The van der Waals surface area contributed by atoms with Gasteiger partial charge in [-0.1, -0.05) is 18.2 Å². The number of carbonyl (C=O) groups is 1. The van der Waals surface area contributed by atoms with Gasteiger partial charge in [0.25, 0.3) is 5.91 Å². The van der Waals surface area contributed by atoms with Crippen LogP contribution in [0.2, 0.25) is 0 Å². The molecule has 22 heavy (non-hydrogen) atoms. The summed E-state index contributed by atoms with van der Waals surface area (Å²) in [7, 11) is 0. The summed E-state index contributed by atoms with van der Waals surface area (Å²) in [4.78, 5) is 16.7. The van der Waals surface area contributed by atoms with Gasteiger partial charge in [0.15, 0.2) is 5.72 Å². The van der Waals surface area contributed by atoms with Crippen LogP contribution in [0.25, 0.3) is 0 Å². The number of hydrogen-bond donors (Lipinski definition) is 2. The van der Waals surface area contributed by atoms with Crippen molar-refractivity contribution in [2.45, 2.75) is 19.1 Å². The van der Waals surface area contributed by atoms with E-state index in [0.717, 1.165) is 5.01 Å². The Morgan fingerprint density at radius 2 is 2.05 bits per heavy atom. The van der Waals surface area contributed by atoms with E-state index in [1.165, 1.54) is 18.3 Å². The second-order valence-corrected chi connectivity index (χ2v) is 5.20. The van der Waals surface area contributed by atoms with Gasteiger partial charge in [0.1, 0.15) is 5.75 Å². The van der Waals surface area contributed by atoms with Crippen molar-refractivity contribution >= 4 is 11.6 Å². The summed E-state index contributed by atoms with van der Waals surface area (Å²) in [6.45, 7) is 1.74. The molecule has 2 aromatic rings. The normalized spacial score (nSPS) is 20.8. The van der Waals surface area contributed by atoms with Gasteiger partial charge in [0.05, 0.1) is 5.56 Å². The van der Waals surface area contributed by atoms with Crippen molar-refractivity contribution in [1.82, 2.24) is 9.99 Å². The Labute approximate surface area is 127 Å². The average Bonchev–Trinajstić information content (AvgIpc) is 2.84. The van der Waals surface area contributed by atoms with Crippen LogP contribution in [-0.2, 0) is 5.72 Å². The number of amides is 1. The Morgan fingerprint density at radius 3 is 2.73 bits per heavy atom. The number of aromatic nitrogens is 1. The maximum atomic E-state index is 12.7. The lowest BCUT2D eigenvalue weighted by atomic mass is 9.99. The third-order valence-electron chi connectivity index (χ3n) is 3.57. The number of phenols is 1. The lowest BCUT2D eigenvalue weighted by Gasteiger charge is -2.31. The maximum Gasteiger partial charge on any atom is 0.280 e. The second kappa shape index (κ2) is 5.23. The highest BCUT2D eigenvalue weighted by atomic mass is 16.3. The van der Waals surface area contributed by atoms with Crippen molar-refractivity contribution in [3.63, 3.8) is 0 Å². The molecule has 1 aromatic carbocycles. The summed E-state index contributed by atoms with van der Waals surface area (Å²) in [6, 6.07) is 9.55. The van der Waals surface area contributed by atoms with E-state index in [4.69, 9.17) is 0 Å². The molecule has 0 saturated heterocycles. The van der Waals surface area contributed by atoms with Crippen molar-refractivity contribution in [3.8, 4) is 5.75 Å². The lowest BCUT2D eigenvalue weighted by Crippen LogP contribution is -2.43. The Bertz CT molecular complexity index is 745. The number of phenolic OH excluding ortho intramolecular Hbond substituents is 1. The van der Waals surface area contributed by atoms with Gasteiger partial charge in [-0.3, -0.25) is 9.78 Å². The fraction of sp³-hybridized carbons (Fsp3) is 0.188. The Balaban J connectivity index is 2.04. The molecule has 1 aromatic heterocycles. The van der Waals surface area contributed by atoms with Crippen molar-refractivity contribution in [3.05, 3.63) is 59.9 Å². The first-order chi connectivity index (χ1) is 10.5. The molecule has 0 aliphatic carbocycles. The van der Waals surface area contributed by atoms with Crippen LogP contribution in [0.15, 0.2) is 53.9 Å². The monoisotopic (exact) mass is 297 g/mol. The predicted molar refractivity (Wildman–Crippen MR) is 80.1 cm³/mol. The Morgan fingerprint density at radius 1 is 1.27 bits per heavy atom. The lowest BCUT2D eigenvalue weighted by molar-refractivity contribution is -0.0768. The number of aliphatic hydroxyl groups is 1. The highest BCUT2D eigenvalue weighted by Crippen LogP contribution is 2.36. The Hall–Kier alpha value is -2.73. The zero-order valence-electron chi connectivity index (χ0n) is 12.0. The quantitative estimate of drug-likeness (QED) is 0.885. The van der Waals surface area contributed by atoms with Crippen molar-refractivity contribution in [2.24, 2.45) is 5.10 Å². The smallest absolute Gasteiger partial charge is 0.280 e. The van der Waals surface area contributed by atoms with Crippen molar-refractivity contribution in [1.29, 1.82) is 0 Å². The zero-order chi connectivity index (χ0) is 15.7. The first-order valence-corrected chi connectivity index (χ1v) is 6.82. The molecular weight excluding hydrogens is 282 g/mol. The molecule has 2 N–H and O–H groups in total. The summed E-state index contributed by atoms with van der Waals surface area (Å²) in [5.41, 5.74) is -0.421. The molecule has 3 rings (SSSR count). The molecular formula is C16H15N3O3. The molecule has 0 bridgehead atoms. The zero-order valence-corrected chi connectivity index (χ0v) is 12.0. The Kier molecular flexibility index (Phi) is 3.38. The molecule has 112 valence electrons. The number of rotatable bonds is 2. The minimum atomic E-state index is -1.60. The van der Waals surface area contributed by atoms with Gasteiger partial charge in [-0.2, -0.15) is 10.1 Å². The molecule has 1 aliphatic heterocycles. The van der Waals surface area contributed by atoms with Gasteiger partial charge < -0.3 is 10.2 Å². The fourth-order valence-corrected chi connectivity index (χ4v) is 2.53. The summed E-state index contributed by atoms with van der Waals surface area (Å²) in [5, 5.41) is 26.0. The highest BCUT2D eigenvalue weighted by Gasteiger charge is 2.45. The summed E-state index contributed by atoms with van der Waals surface area (Å²) >= 11 is 0. The van der Waals surface area contributed by atoms with Crippen LogP contribution in [-0.4, -0.2) is 31.8 Å². The van der Waals surface area contributed by atoms with Crippen LogP contribution in [0, 0.1) is 0 Å². The molecule has 1 aliphatic rings. The molecule has 0 saturated carbocycles. The second-order valence-electron chi connectivity index (χ2n) is 5.20. The number of pyridine rings is 1. The van der Waals surface area contributed by atoms with Crippen LogP contribution in [0.1, 0.15) is 29.3 Å². The molecule has 1 unspecified atom stereocenters. The van der Waals surface area contributed by atoms with Gasteiger partial charge in [0.2, 0.25) is 0 Å². The minimum absolute atomic E-state index is 0.0864. The van der Waals surface area contributed by atoms with Gasteiger partial charge in [-0.05, 0) is 25.1 Å². The van der Waals surface area contributed by atoms with Crippen LogP contribution >= 0.6 is 0 Å². The first-order valence-electron chi connectivity index (χ1n) is 6.82. The van der Waals surface area contributed by atoms with E-state index in [-0.39, 0.29) is 17.7 Å². The van der Waals surface area contributed by atoms with Gasteiger partial charge in [-0.15, -0.1) is 0 Å². The molecule has 0 radical (unpaired) electrons. The topological polar surface area (TPSA) is 86.0 Å². The molecule has 2 heterocycles. The molecule has 0 fully saturated rings. The number of para-hydroxylation sites is 1.